The van der Waals surface area contributed by atoms with Gasteiger partial charge < -0.3 is 24.0 Å². The van der Waals surface area contributed by atoms with E-state index in [4.69, 9.17) is 14.2 Å². The second-order valence-electron chi connectivity index (χ2n) is 9.41. The van der Waals surface area contributed by atoms with Gasteiger partial charge in [0.2, 0.25) is 5.91 Å². The Kier molecular flexibility index (Phi) is 8.54. The molecule has 0 atom stereocenters. The van der Waals surface area contributed by atoms with Crippen LogP contribution in [0.15, 0.2) is 65.6 Å². The van der Waals surface area contributed by atoms with Gasteiger partial charge in [-0.1, -0.05) is 18.2 Å². The van der Waals surface area contributed by atoms with E-state index in [0.717, 1.165) is 22.6 Å². The van der Waals surface area contributed by atoms with Crippen molar-refractivity contribution in [2.45, 2.75) is 18.7 Å². The van der Waals surface area contributed by atoms with Gasteiger partial charge in [-0.05, 0) is 61.4 Å². The molecule has 10 heteroatoms. The molecule has 1 aliphatic rings. The van der Waals surface area contributed by atoms with Crippen molar-refractivity contribution in [1.82, 2.24) is 4.90 Å². The number of anilines is 2. The van der Waals surface area contributed by atoms with Gasteiger partial charge in [-0.15, -0.1) is 0 Å². The number of hydrogen-bond donors (Lipinski definition) is 0. The Labute approximate surface area is 230 Å². The summed E-state index contributed by atoms with van der Waals surface area (Å²) < 4.78 is 45.3. The molecule has 1 aliphatic heterocycles. The smallest absolute Gasteiger partial charge is 0.264 e. The van der Waals surface area contributed by atoms with Gasteiger partial charge in [0, 0.05) is 32.2 Å². The number of sulfonamides is 1. The average molecular weight is 554 g/mol. The van der Waals surface area contributed by atoms with Crippen LogP contribution in [-0.4, -0.2) is 73.3 Å². The van der Waals surface area contributed by atoms with Gasteiger partial charge in [0.05, 0.1) is 37.6 Å². The van der Waals surface area contributed by atoms with E-state index >= 15 is 0 Å². The maximum Gasteiger partial charge on any atom is 0.264 e. The molecule has 3 aromatic rings. The second kappa shape index (κ2) is 11.9. The summed E-state index contributed by atoms with van der Waals surface area (Å²) in [6.45, 7) is 5.62. The quantitative estimate of drug-likeness (QED) is 0.398. The van der Waals surface area contributed by atoms with E-state index in [0.29, 0.717) is 37.6 Å². The predicted molar refractivity (Wildman–Crippen MR) is 152 cm³/mol. The number of benzene rings is 3. The van der Waals surface area contributed by atoms with E-state index in [9.17, 15) is 13.2 Å². The largest absolute Gasteiger partial charge is 0.495 e. The van der Waals surface area contributed by atoms with Crippen molar-refractivity contribution >= 4 is 27.3 Å². The molecule has 0 radical (unpaired) electrons. The maximum absolute atomic E-state index is 14.0. The van der Waals surface area contributed by atoms with Crippen molar-refractivity contribution in [2.75, 3.05) is 63.3 Å². The Bertz CT molecular complexity index is 1410. The summed E-state index contributed by atoms with van der Waals surface area (Å²) in [6, 6.07) is 17.7. The first kappa shape index (κ1) is 28.1. The molecule has 0 aliphatic carbocycles. The fourth-order valence-electron chi connectivity index (χ4n) is 4.82. The van der Waals surface area contributed by atoms with Gasteiger partial charge in [0.15, 0.2) is 11.5 Å². The number of ether oxygens (including phenoxy) is 3. The summed E-state index contributed by atoms with van der Waals surface area (Å²) in [4.78, 5) is 17.4. The molecule has 0 spiro atoms. The predicted octanol–water partition coefficient (Wildman–Crippen LogP) is 3.87. The summed E-state index contributed by atoms with van der Waals surface area (Å²) in [7, 11) is 0.454. The van der Waals surface area contributed by atoms with E-state index in [1.54, 1.807) is 30.2 Å². The van der Waals surface area contributed by atoms with Crippen LogP contribution in [0.5, 0.6) is 17.2 Å². The molecular weight excluding hydrogens is 518 g/mol. The number of amides is 1. The van der Waals surface area contributed by atoms with Crippen LogP contribution < -0.4 is 23.4 Å². The highest BCUT2D eigenvalue weighted by Gasteiger charge is 2.31. The minimum absolute atomic E-state index is 0.00750. The van der Waals surface area contributed by atoms with Crippen LogP contribution >= 0.6 is 0 Å². The molecule has 0 N–H and O–H groups in total. The van der Waals surface area contributed by atoms with Crippen LogP contribution in [0.25, 0.3) is 0 Å². The first-order valence-corrected chi connectivity index (χ1v) is 14.1. The standard InChI is InChI=1S/C29H35N3O6S/c1-21-16-22(2)18-23(17-21)32(39(34,35)24-10-11-27(37-4)28(19-24)38-5)20-29(33)31-14-12-30(13-15-31)25-8-6-7-9-26(25)36-3/h6-11,16-19H,12-15,20H2,1-5H3. The highest BCUT2D eigenvalue weighted by molar-refractivity contribution is 7.92. The molecule has 39 heavy (non-hydrogen) atoms. The Morgan fingerprint density at radius 3 is 2.03 bits per heavy atom. The number of rotatable bonds is 9. The first-order chi connectivity index (χ1) is 18.7. The highest BCUT2D eigenvalue weighted by Crippen LogP contribution is 2.33. The number of carbonyl (C=O) groups excluding carboxylic acids is 1. The van der Waals surface area contributed by atoms with Gasteiger partial charge in [-0.25, -0.2) is 8.42 Å². The molecule has 1 saturated heterocycles. The van der Waals surface area contributed by atoms with Crippen LogP contribution in [0.3, 0.4) is 0 Å². The molecule has 0 bridgehead atoms. The second-order valence-corrected chi connectivity index (χ2v) is 11.3. The fraction of sp³-hybridized carbons (Fsp3) is 0.345. The summed E-state index contributed by atoms with van der Waals surface area (Å²) in [6.07, 6.45) is 0. The lowest BCUT2D eigenvalue weighted by molar-refractivity contribution is -0.129. The van der Waals surface area contributed by atoms with Gasteiger partial charge in [0.25, 0.3) is 10.0 Å². The molecule has 0 saturated carbocycles. The number of carbonyl (C=O) groups is 1. The Balaban J connectivity index is 1.60. The molecule has 4 rings (SSSR count). The zero-order chi connectivity index (χ0) is 28.2. The van der Waals surface area contributed by atoms with Gasteiger partial charge in [-0.3, -0.25) is 9.10 Å². The van der Waals surface area contributed by atoms with Crippen molar-refractivity contribution in [2.24, 2.45) is 0 Å². The van der Waals surface area contributed by atoms with Crippen LogP contribution in [0, 0.1) is 13.8 Å². The summed E-state index contributed by atoms with van der Waals surface area (Å²) in [5.74, 6) is 1.22. The van der Waals surface area contributed by atoms with Gasteiger partial charge >= 0.3 is 0 Å². The van der Waals surface area contributed by atoms with Crippen molar-refractivity contribution in [1.29, 1.82) is 0 Å². The molecule has 9 nitrogen and oxygen atoms in total. The maximum atomic E-state index is 14.0. The minimum atomic E-state index is -4.12. The van der Waals surface area contributed by atoms with Crippen LogP contribution in [-0.2, 0) is 14.8 Å². The summed E-state index contributed by atoms with van der Waals surface area (Å²) >= 11 is 0. The zero-order valence-electron chi connectivity index (χ0n) is 23.0. The summed E-state index contributed by atoms with van der Waals surface area (Å²) in [5, 5.41) is 0. The number of aryl methyl sites for hydroxylation is 2. The minimum Gasteiger partial charge on any atom is -0.495 e. The van der Waals surface area contributed by atoms with E-state index in [2.05, 4.69) is 4.90 Å². The van der Waals surface area contributed by atoms with E-state index in [-0.39, 0.29) is 23.1 Å². The van der Waals surface area contributed by atoms with Crippen LogP contribution in [0.1, 0.15) is 11.1 Å². The zero-order valence-corrected chi connectivity index (χ0v) is 23.8. The number of nitrogens with zero attached hydrogens (tertiary/aromatic N) is 3. The molecule has 0 unspecified atom stereocenters. The highest BCUT2D eigenvalue weighted by atomic mass is 32.2. The molecule has 0 aromatic heterocycles. The topological polar surface area (TPSA) is 88.6 Å². The van der Waals surface area contributed by atoms with Crippen molar-refractivity contribution < 1.29 is 27.4 Å². The number of piperazine rings is 1. The molecule has 1 amide bonds. The Hall–Kier alpha value is -3.92. The third kappa shape index (κ3) is 6.06. The Morgan fingerprint density at radius 1 is 0.795 bits per heavy atom. The van der Waals surface area contributed by atoms with Gasteiger partial charge in [-0.2, -0.15) is 0 Å². The van der Waals surface area contributed by atoms with Crippen molar-refractivity contribution in [3.63, 3.8) is 0 Å². The number of para-hydroxylation sites is 2. The average Bonchev–Trinajstić information content (AvgIpc) is 2.94. The van der Waals surface area contributed by atoms with E-state index in [1.165, 1.54) is 30.7 Å². The third-order valence-corrected chi connectivity index (χ3v) is 8.54. The normalized spacial score (nSPS) is 13.7. The van der Waals surface area contributed by atoms with Gasteiger partial charge in [0.1, 0.15) is 12.3 Å². The molecule has 208 valence electrons. The lowest BCUT2D eigenvalue weighted by atomic mass is 10.1. The monoisotopic (exact) mass is 553 g/mol. The van der Waals surface area contributed by atoms with E-state index < -0.39 is 10.0 Å². The third-order valence-electron chi connectivity index (χ3n) is 6.77. The molecule has 1 fully saturated rings. The fourth-order valence-corrected chi connectivity index (χ4v) is 6.24. The van der Waals surface area contributed by atoms with Crippen molar-refractivity contribution in [3.05, 3.63) is 71.8 Å². The molecular formula is C29H35N3O6S. The van der Waals surface area contributed by atoms with E-state index in [1.807, 2.05) is 44.2 Å². The lowest BCUT2D eigenvalue weighted by Crippen LogP contribution is -2.52. The number of methoxy groups -OCH3 is 3. The van der Waals surface area contributed by atoms with Crippen molar-refractivity contribution in [3.8, 4) is 17.2 Å². The molecule has 3 aromatic carbocycles. The number of hydrogen-bond acceptors (Lipinski definition) is 7. The first-order valence-electron chi connectivity index (χ1n) is 12.7. The summed E-state index contributed by atoms with van der Waals surface area (Å²) in [5.41, 5.74) is 3.20. The molecule has 1 heterocycles. The lowest BCUT2D eigenvalue weighted by Gasteiger charge is -2.37. The van der Waals surface area contributed by atoms with Crippen LogP contribution in [0.4, 0.5) is 11.4 Å². The SMILES string of the molecule is COc1ccc(S(=O)(=O)N(CC(=O)N2CCN(c3ccccc3OC)CC2)c2cc(C)cc(C)c2)cc1OC. The Morgan fingerprint density at radius 2 is 1.41 bits per heavy atom. The van der Waals surface area contributed by atoms with Crippen LogP contribution in [0.2, 0.25) is 0 Å².